The molecule has 2 heterocycles. The summed E-state index contributed by atoms with van der Waals surface area (Å²) in [5, 5.41) is 0.722. The third kappa shape index (κ3) is 3.92. The standard InChI is InChI=1S/C21H23N3O6S2/c1-29-17-8-9-18(30-2)20(15-17)32(27,28)24-13-11-23(12-14-24)31(25,26)19-7-3-5-16-6-4-10-22-21(16)19/h3-10,15H,11-14H2,1-2H3. The maximum atomic E-state index is 13.3. The molecule has 1 aromatic heterocycles. The van der Waals surface area contributed by atoms with Gasteiger partial charge in [-0.1, -0.05) is 18.2 Å². The molecule has 0 N–H and O–H groups in total. The summed E-state index contributed by atoms with van der Waals surface area (Å²) in [5.41, 5.74) is 0.395. The van der Waals surface area contributed by atoms with E-state index < -0.39 is 20.0 Å². The second-order valence-electron chi connectivity index (χ2n) is 7.16. The fourth-order valence-electron chi connectivity index (χ4n) is 3.70. The monoisotopic (exact) mass is 477 g/mol. The molecule has 2 aromatic carbocycles. The van der Waals surface area contributed by atoms with Gasteiger partial charge in [-0.05, 0) is 24.3 Å². The third-order valence-electron chi connectivity index (χ3n) is 5.40. The zero-order chi connectivity index (χ0) is 22.9. The smallest absolute Gasteiger partial charge is 0.246 e. The van der Waals surface area contributed by atoms with Crippen molar-refractivity contribution < 1.29 is 26.3 Å². The first-order valence-electron chi connectivity index (χ1n) is 9.85. The van der Waals surface area contributed by atoms with Crippen LogP contribution in [0.2, 0.25) is 0 Å². The quantitative estimate of drug-likeness (QED) is 0.534. The number of piperazine rings is 1. The molecule has 170 valence electrons. The number of nitrogens with zero attached hydrogens (tertiary/aromatic N) is 3. The zero-order valence-corrected chi connectivity index (χ0v) is 19.3. The summed E-state index contributed by atoms with van der Waals surface area (Å²) >= 11 is 0. The number of methoxy groups -OCH3 is 2. The van der Waals surface area contributed by atoms with E-state index in [0.717, 1.165) is 5.39 Å². The van der Waals surface area contributed by atoms with Gasteiger partial charge in [0, 0.05) is 43.8 Å². The largest absolute Gasteiger partial charge is 0.497 e. The van der Waals surface area contributed by atoms with Crippen LogP contribution in [0.5, 0.6) is 11.5 Å². The Morgan fingerprint density at radius 3 is 2.03 bits per heavy atom. The number of fused-ring (bicyclic) bond motifs is 1. The molecular formula is C21H23N3O6S2. The number of benzene rings is 2. The van der Waals surface area contributed by atoms with Crippen LogP contribution in [0.4, 0.5) is 0 Å². The first-order chi connectivity index (χ1) is 15.3. The van der Waals surface area contributed by atoms with Crippen LogP contribution in [0.15, 0.2) is 64.5 Å². The van der Waals surface area contributed by atoms with Gasteiger partial charge >= 0.3 is 0 Å². The lowest BCUT2D eigenvalue weighted by molar-refractivity contribution is 0.272. The van der Waals surface area contributed by atoms with Crippen molar-refractivity contribution in [1.82, 2.24) is 13.6 Å². The van der Waals surface area contributed by atoms with Crippen molar-refractivity contribution in [2.24, 2.45) is 0 Å². The van der Waals surface area contributed by atoms with Crippen molar-refractivity contribution in [3.8, 4) is 11.5 Å². The Labute approximate surface area is 187 Å². The van der Waals surface area contributed by atoms with Gasteiger partial charge in [0.2, 0.25) is 20.0 Å². The molecule has 1 fully saturated rings. The van der Waals surface area contributed by atoms with E-state index in [-0.39, 0.29) is 41.7 Å². The van der Waals surface area contributed by atoms with E-state index in [9.17, 15) is 16.8 Å². The van der Waals surface area contributed by atoms with Crippen LogP contribution in [0.1, 0.15) is 0 Å². The van der Waals surface area contributed by atoms with E-state index in [2.05, 4.69) is 4.98 Å². The highest BCUT2D eigenvalue weighted by Gasteiger charge is 2.36. The summed E-state index contributed by atoms with van der Waals surface area (Å²) in [7, 11) is -4.91. The molecule has 9 nitrogen and oxygen atoms in total. The molecule has 1 aliphatic heterocycles. The van der Waals surface area contributed by atoms with Crippen molar-refractivity contribution in [3.63, 3.8) is 0 Å². The van der Waals surface area contributed by atoms with Crippen molar-refractivity contribution in [3.05, 3.63) is 54.7 Å². The number of aromatic nitrogens is 1. The topological polar surface area (TPSA) is 106 Å². The summed E-state index contributed by atoms with van der Waals surface area (Å²) in [6.07, 6.45) is 1.55. The molecule has 32 heavy (non-hydrogen) atoms. The molecule has 0 bridgehead atoms. The molecule has 1 saturated heterocycles. The summed E-state index contributed by atoms with van der Waals surface area (Å²) < 4.78 is 66.0. The number of ether oxygens (including phenoxy) is 2. The van der Waals surface area contributed by atoms with Crippen LogP contribution in [0, 0.1) is 0 Å². The number of sulfonamides is 2. The number of rotatable bonds is 6. The van der Waals surface area contributed by atoms with Gasteiger partial charge in [0.15, 0.2) is 0 Å². The van der Waals surface area contributed by atoms with Crippen molar-refractivity contribution in [2.75, 3.05) is 40.4 Å². The summed E-state index contributed by atoms with van der Waals surface area (Å²) in [6, 6.07) is 13.1. The second-order valence-corrected chi connectivity index (χ2v) is 11.0. The van der Waals surface area contributed by atoms with Crippen LogP contribution < -0.4 is 9.47 Å². The van der Waals surface area contributed by atoms with E-state index in [1.807, 2.05) is 0 Å². The fraction of sp³-hybridized carbons (Fsp3) is 0.286. The second kappa shape index (κ2) is 8.66. The van der Waals surface area contributed by atoms with E-state index in [1.165, 1.54) is 41.0 Å². The SMILES string of the molecule is COc1ccc(OC)c(S(=O)(=O)N2CCN(S(=O)(=O)c3cccc4cccnc34)CC2)c1. The van der Waals surface area contributed by atoms with Crippen molar-refractivity contribution in [1.29, 1.82) is 0 Å². The fourth-order valence-corrected chi connectivity index (χ4v) is 6.88. The molecule has 0 radical (unpaired) electrons. The molecule has 0 atom stereocenters. The highest BCUT2D eigenvalue weighted by atomic mass is 32.2. The van der Waals surface area contributed by atoms with Gasteiger partial charge in [0.05, 0.1) is 19.7 Å². The Kier molecular flexibility index (Phi) is 6.08. The molecule has 0 unspecified atom stereocenters. The molecular weight excluding hydrogens is 454 g/mol. The summed E-state index contributed by atoms with van der Waals surface area (Å²) in [4.78, 5) is 4.33. The molecule has 4 rings (SSSR count). The minimum absolute atomic E-state index is 0.0140. The van der Waals surface area contributed by atoms with E-state index in [4.69, 9.17) is 9.47 Å². The van der Waals surface area contributed by atoms with Gasteiger partial charge in [0.25, 0.3) is 0 Å². The predicted molar refractivity (Wildman–Crippen MR) is 119 cm³/mol. The number of hydrogen-bond donors (Lipinski definition) is 0. The van der Waals surface area contributed by atoms with Crippen LogP contribution in [0.3, 0.4) is 0 Å². The molecule has 1 aliphatic rings. The van der Waals surface area contributed by atoms with Crippen molar-refractivity contribution >= 4 is 30.9 Å². The lowest BCUT2D eigenvalue weighted by Crippen LogP contribution is -2.50. The van der Waals surface area contributed by atoms with E-state index in [0.29, 0.717) is 11.3 Å². The Bertz CT molecular complexity index is 1350. The third-order valence-corrected chi connectivity index (χ3v) is 9.25. The van der Waals surface area contributed by atoms with Crippen LogP contribution >= 0.6 is 0 Å². The van der Waals surface area contributed by atoms with Gasteiger partial charge in [-0.15, -0.1) is 0 Å². The lowest BCUT2D eigenvalue weighted by atomic mass is 10.2. The van der Waals surface area contributed by atoms with E-state index in [1.54, 1.807) is 36.5 Å². The predicted octanol–water partition coefficient (Wildman–Crippen LogP) is 1.95. The van der Waals surface area contributed by atoms with Gasteiger partial charge < -0.3 is 9.47 Å². The Morgan fingerprint density at radius 2 is 1.41 bits per heavy atom. The summed E-state index contributed by atoms with van der Waals surface area (Å²) in [5.74, 6) is 0.580. The number of hydrogen-bond acceptors (Lipinski definition) is 7. The van der Waals surface area contributed by atoms with Crippen LogP contribution in [0.25, 0.3) is 10.9 Å². The van der Waals surface area contributed by atoms with Gasteiger partial charge in [-0.3, -0.25) is 4.98 Å². The average molecular weight is 478 g/mol. The maximum absolute atomic E-state index is 13.3. The summed E-state index contributed by atoms with van der Waals surface area (Å²) in [6.45, 7) is 0.0778. The van der Waals surface area contributed by atoms with Gasteiger partial charge in [-0.25, -0.2) is 16.8 Å². The molecule has 11 heteroatoms. The van der Waals surface area contributed by atoms with Gasteiger partial charge in [-0.2, -0.15) is 8.61 Å². The molecule has 0 spiro atoms. The highest BCUT2D eigenvalue weighted by Crippen LogP contribution is 2.32. The molecule has 0 amide bonds. The minimum Gasteiger partial charge on any atom is -0.497 e. The Balaban J connectivity index is 1.59. The Hall–Kier alpha value is -2.73. The minimum atomic E-state index is -3.91. The average Bonchev–Trinajstić information content (AvgIpc) is 2.83. The normalized spacial score (nSPS) is 16.2. The first-order valence-corrected chi connectivity index (χ1v) is 12.7. The van der Waals surface area contributed by atoms with Crippen molar-refractivity contribution in [2.45, 2.75) is 9.79 Å². The van der Waals surface area contributed by atoms with Crippen LogP contribution in [-0.4, -0.2) is 70.8 Å². The van der Waals surface area contributed by atoms with E-state index >= 15 is 0 Å². The Morgan fingerprint density at radius 1 is 0.781 bits per heavy atom. The molecule has 0 saturated carbocycles. The molecule has 0 aliphatic carbocycles. The maximum Gasteiger partial charge on any atom is 0.246 e. The number of pyridine rings is 1. The van der Waals surface area contributed by atoms with Gasteiger partial charge in [0.1, 0.15) is 21.3 Å². The molecule has 3 aromatic rings. The first kappa shape index (κ1) is 22.5. The lowest BCUT2D eigenvalue weighted by Gasteiger charge is -2.33. The number of para-hydroxylation sites is 1. The zero-order valence-electron chi connectivity index (χ0n) is 17.6. The highest BCUT2D eigenvalue weighted by molar-refractivity contribution is 7.89. The van der Waals surface area contributed by atoms with Crippen LogP contribution in [-0.2, 0) is 20.0 Å².